The van der Waals surface area contributed by atoms with Crippen LogP contribution in [0.1, 0.15) is 5.56 Å². The zero-order valence-corrected chi connectivity index (χ0v) is 13.4. The minimum absolute atomic E-state index is 0.0112. The maximum Gasteiger partial charge on any atom is 0.264 e. The Labute approximate surface area is 145 Å². The van der Waals surface area contributed by atoms with E-state index in [1.165, 1.54) is 42.5 Å². The van der Waals surface area contributed by atoms with Gasteiger partial charge in [-0.3, -0.25) is 19.3 Å². The molecule has 0 aliphatic heterocycles. The molecule has 0 saturated heterocycles. The number of hydrogen-bond donors (Lipinski definition) is 2. The Hall–Kier alpha value is -3.13. The number of nitrogens with zero attached hydrogens (tertiary/aromatic N) is 2. The molecule has 5 nitrogen and oxygen atoms in total. The molecule has 3 aromatic rings. The molecule has 126 valence electrons. The van der Waals surface area contributed by atoms with Gasteiger partial charge in [0, 0.05) is 6.21 Å². The van der Waals surface area contributed by atoms with Gasteiger partial charge in [0.1, 0.15) is 17.2 Å². The summed E-state index contributed by atoms with van der Waals surface area (Å²) in [4.78, 5) is 18.3. The first-order valence-corrected chi connectivity index (χ1v) is 7.51. The lowest BCUT2D eigenvalue weighted by atomic mass is 10.2. The quantitative estimate of drug-likeness (QED) is 0.554. The number of nitrogens with one attached hydrogen (secondary N) is 1. The second-order valence-electron chi connectivity index (χ2n) is 5.02. The largest absolute Gasteiger partial charge is 0.494 e. The van der Waals surface area contributed by atoms with Gasteiger partial charge in [0.25, 0.3) is 5.56 Å². The first-order valence-electron chi connectivity index (χ1n) is 7.10. The Balaban J connectivity index is 2.14. The fraction of sp³-hybridized carbons (Fsp3) is 0. The van der Waals surface area contributed by atoms with E-state index in [1.807, 2.05) is 0 Å². The van der Waals surface area contributed by atoms with Crippen LogP contribution in [0.25, 0.3) is 5.69 Å². The predicted molar refractivity (Wildman–Crippen MR) is 92.5 cm³/mol. The van der Waals surface area contributed by atoms with Crippen molar-refractivity contribution in [3.8, 4) is 11.6 Å². The molecule has 0 bridgehead atoms. The summed E-state index contributed by atoms with van der Waals surface area (Å²) in [5.41, 5.74) is -0.528. The number of aromatic nitrogens is 2. The van der Waals surface area contributed by atoms with Crippen LogP contribution in [0.4, 0.5) is 14.5 Å². The first kappa shape index (κ1) is 16.7. The molecule has 0 aliphatic rings. The standard InChI is InChI=1S/C17H11F2N3O2S/c18-10-5-7-11(8-6-10)22-16(24)12(15(23)21-17(22)25)9-20-14-4-2-1-3-13(14)19/h1-9,24H,(H,21,23,25). The van der Waals surface area contributed by atoms with E-state index in [0.29, 0.717) is 5.69 Å². The summed E-state index contributed by atoms with van der Waals surface area (Å²) in [6.45, 7) is 0. The van der Waals surface area contributed by atoms with Crippen LogP contribution in [0, 0.1) is 16.4 Å². The van der Waals surface area contributed by atoms with Crippen molar-refractivity contribution in [2.75, 3.05) is 0 Å². The van der Waals surface area contributed by atoms with Crippen molar-refractivity contribution in [2.24, 2.45) is 4.99 Å². The van der Waals surface area contributed by atoms with E-state index in [-0.39, 0.29) is 16.0 Å². The Kier molecular flexibility index (Phi) is 4.53. The lowest BCUT2D eigenvalue weighted by Gasteiger charge is -2.11. The molecule has 0 amide bonds. The highest BCUT2D eigenvalue weighted by molar-refractivity contribution is 7.71. The highest BCUT2D eigenvalue weighted by Crippen LogP contribution is 2.20. The van der Waals surface area contributed by atoms with Gasteiger partial charge < -0.3 is 5.11 Å². The zero-order chi connectivity index (χ0) is 18.0. The van der Waals surface area contributed by atoms with Crippen molar-refractivity contribution in [1.29, 1.82) is 0 Å². The Morgan fingerprint density at radius 1 is 1.12 bits per heavy atom. The first-order chi connectivity index (χ1) is 12.0. The van der Waals surface area contributed by atoms with Gasteiger partial charge in [0.05, 0.1) is 11.4 Å². The van der Waals surface area contributed by atoms with Crippen molar-refractivity contribution in [1.82, 2.24) is 9.55 Å². The van der Waals surface area contributed by atoms with E-state index < -0.39 is 23.1 Å². The van der Waals surface area contributed by atoms with Gasteiger partial charge in [-0.05, 0) is 48.6 Å². The average Bonchev–Trinajstić information content (AvgIpc) is 2.57. The van der Waals surface area contributed by atoms with Crippen LogP contribution in [0.2, 0.25) is 0 Å². The number of aromatic hydroxyl groups is 1. The van der Waals surface area contributed by atoms with E-state index in [2.05, 4.69) is 9.98 Å². The SMILES string of the molecule is O=c1[nH]c(=S)n(-c2ccc(F)cc2)c(O)c1C=Nc1ccccc1F. The number of halogens is 2. The molecule has 8 heteroatoms. The second kappa shape index (κ2) is 6.78. The maximum atomic E-state index is 13.6. The number of H-pyrrole nitrogens is 1. The predicted octanol–water partition coefficient (Wildman–Crippen LogP) is 3.63. The molecule has 3 rings (SSSR count). The summed E-state index contributed by atoms with van der Waals surface area (Å²) in [6, 6.07) is 10.9. The Morgan fingerprint density at radius 2 is 1.80 bits per heavy atom. The monoisotopic (exact) mass is 359 g/mol. The van der Waals surface area contributed by atoms with Gasteiger partial charge in [-0.2, -0.15) is 0 Å². The fourth-order valence-corrected chi connectivity index (χ4v) is 2.46. The van der Waals surface area contributed by atoms with Gasteiger partial charge in [-0.25, -0.2) is 8.78 Å². The van der Waals surface area contributed by atoms with Crippen molar-refractivity contribution >= 4 is 24.1 Å². The van der Waals surface area contributed by atoms with E-state index in [1.54, 1.807) is 6.07 Å². The topological polar surface area (TPSA) is 70.4 Å². The lowest BCUT2D eigenvalue weighted by molar-refractivity contribution is 0.432. The Bertz CT molecular complexity index is 1070. The summed E-state index contributed by atoms with van der Waals surface area (Å²) in [6.07, 6.45) is 1.04. The fourth-order valence-electron chi connectivity index (χ4n) is 2.18. The van der Waals surface area contributed by atoms with Crippen LogP contribution in [0.15, 0.2) is 58.3 Å². The van der Waals surface area contributed by atoms with Crippen molar-refractivity contribution in [2.45, 2.75) is 0 Å². The molecular weight excluding hydrogens is 348 g/mol. The molecule has 0 aliphatic carbocycles. The summed E-state index contributed by atoms with van der Waals surface area (Å²) in [5, 5.41) is 10.4. The minimum Gasteiger partial charge on any atom is -0.494 e. The second-order valence-corrected chi connectivity index (χ2v) is 5.40. The molecule has 1 heterocycles. The third-order valence-corrected chi connectivity index (χ3v) is 3.68. The lowest BCUT2D eigenvalue weighted by Crippen LogP contribution is -2.18. The van der Waals surface area contributed by atoms with Gasteiger partial charge >= 0.3 is 0 Å². The van der Waals surface area contributed by atoms with Gasteiger partial charge in [-0.15, -0.1) is 0 Å². The number of benzene rings is 2. The molecule has 0 radical (unpaired) electrons. The van der Waals surface area contributed by atoms with Crippen LogP contribution in [-0.4, -0.2) is 20.9 Å². The molecule has 2 N–H and O–H groups in total. The van der Waals surface area contributed by atoms with E-state index in [9.17, 15) is 18.7 Å². The number of rotatable bonds is 3. The van der Waals surface area contributed by atoms with E-state index in [4.69, 9.17) is 12.2 Å². The number of hydrogen-bond acceptors (Lipinski definition) is 4. The average molecular weight is 359 g/mol. The van der Waals surface area contributed by atoms with Crippen molar-refractivity contribution < 1.29 is 13.9 Å². The highest BCUT2D eigenvalue weighted by Gasteiger charge is 2.13. The van der Waals surface area contributed by atoms with Gasteiger partial charge in [-0.1, -0.05) is 12.1 Å². The number of aliphatic imine (C=N–C) groups is 1. The van der Waals surface area contributed by atoms with Gasteiger partial charge in [0.2, 0.25) is 5.88 Å². The molecule has 1 aromatic heterocycles. The molecular formula is C17H11F2N3O2S. The third kappa shape index (κ3) is 3.38. The van der Waals surface area contributed by atoms with Crippen LogP contribution in [0.5, 0.6) is 5.88 Å². The summed E-state index contributed by atoms with van der Waals surface area (Å²) >= 11 is 5.05. The molecule has 0 saturated carbocycles. The van der Waals surface area contributed by atoms with Crippen LogP contribution < -0.4 is 5.56 Å². The molecule has 25 heavy (non-hydrogen) atoms. The molecule has 0 spiro atoms. The van der Waals surface area contributed by atoms with Gasteiger partial charge in [0.15, 0.2) is 4.77 Å². The van der Waals surface area contributed by atoms with Crippen LogP contribution in [-0.2, 0) is 0 Å². The molecule has 2 aromatic carbocycles. The molecule has 0 unspecified atom stereocenters. The summed E-state index contributed by atoms with van der Waals surface area (Å²) in [7, 11) is 0. The minimum atomic E-state index is -0.680. The molecule has 0 atom stereocenters. The summed E-state index contributed by atoms with van der Waals surface area (Å²) < 4.78 is 27.8. The van der Waals surface area contributed by atoms with Crippen molar-refractivity contribution in [3.05, 3.63) is 80.9 Å². The normalized spacial score (nSPS) is 11.1. The third-order valence-electron chi connectivity index (χ3n) is 3.39. The van der Waals surface area contributed by atoms with E-state index >= 15 is 0 Å². The highest BCUT2D eigenvalue weighted by atomic mass is 32.1. The van der Waals surface area contributed by atoms with E-state index in [0.717, 1.165) is 10.8 Å². The Morgan fingerprint density at radius 3 is 2.48 bits per heavy atom. The smallest absolute Gasteiger partial charge is 0.264 e. The van der Waals surface area contributed by atoms with Crippen LogP contribution >= 0.6 is 12.2 Å². The molecule has 0 fully saturated rings. The number of aromatic amines is 1. The van der Waals surface area contributed by atoms with Crippen LogP contribution in [0.3, 0.4) is 0 Å². The van der Waals surface area contributed by atoms with Crippen molar-refractivity contribution in [3.63, 3.8) is 0 Å². The summed E-state index contributed by atoms with van der Waals surface area (Å²) in [5.74, 6) is -1.51. The number of para-hydroxylation sites is 1. The zero-order valence-electron chi connectivity index (χ0n) is 12.6. The maximum absolute atomic E-state index is 13.6.